The fourth-order valence-electron chi connectivity index (χ4n) is 1.15. The normalized spacial score (nSPS) is 12.0. The van der Waals surface area contributed by atoms with E-state index in [1.807, 2.05) is 25.1 Å². The van der Waals surface area contributed by atoms with Crippen LogP contribution in [0.15, 0.2) is 22.7 Å². The first-order chi connectivity index (χ1) is 7.52. The van der Waals surface area contributed by atoms with E-state index in [1.54, 1.807) is 6.92 Å². The van der Waals surface area contributed by atoms with Crippen molar-refractivity contribution in [3.8, 4) is 0 Å². The second kappa shape index (κ2) is 5.86. The van der Waals surface area contributed by atoms with Crippen molar-refractivity contribution >= 4 is 27.6 Å². The Labute approximate surface area is 103 Å². The Morgan fingerprint density at radius 2 is 2.25 bits per heavy atom. The molecule has 16 heavy (non-hydrogen) atoms. The largest absolute Gasteiger partial charge is 0.394 e. The zero-order valence-electron chi connectivity index (χ0n) is 9.25. The summed E-state index contributed by atoms with van der Waals surface area (Å²) in [7, 11) is 0. The van der Waals surface area contributed by atoms with E-state index in [0.29, 0.717) is 5.69 Å². The summed E-state index contributed by atoms with van der Waals surface area (Å²) in [5.41, 5.74) is 1.81. The van der Waals surface area contributed by atoms with Gasteiger partial charge in [-0.25, -0.2) is 4.79 Å². The lowest BCUT2D eigenvalue weighted by atomic mass is 10.2. The summed E-state index contributed by atoms with van der Waals surface area (Å²) in [6.45, 7) is 3.62. The van der Waals surface area contributed by atoms with Crippen LogP contribution in [0.1, 0.15) is 12.5 Å². The maximum absolute atomic E-state index is 11.5. The fourth-order valence-corrected chi connectivity index (χ4v) is 1.74. The van der Waals surface area contributed by atoms with Gasteiger partial charge in [0.1, 0.15) is 0 Å². The number of anilines is 1. The van der Waals surface area contributed by atoms with Crippen LogP contribution in [0.3, 0.4) is 0 Å². The maximum Gasteiger partial charge on any atom is 0.319 e. The predicted molar refractivity (Wildman–Crippen MR) is 67.6 cm³/mol. The number of urea groups is 1. The van der Waals surface area contributed by atoms with Gasteiger partial charge in [0, 0.05) is 4.47 Å². The van der Waals surface area contributed by atoms with Gasteiger partial charge >= 0.3 is 6.03 Å². The monoisotopic (exact) mass is 286 g/mol. The minimum atomic E-state index is -0.328. The minimum Gasteiger partial charge on any atom is -0.394 e. The van der Waals surface area contributed by atoms with Crippen molar-refractivity contribution in [2.24, 2.45) is 0 Å². The second-order valence-corrected chi connectivity index (χ2v) is 4.52. The third-order valence-corrected chi connectivity index (χ3v) is 2.68. The summed E-state index contributed by atoms with van der Waals surface area (Å²) >= 11 is 3.37. The predicted octanol–water partition coefficient (Wildman–Crippen LogP) is 2.26. The molecule has 0 unspecified atom stereocenters. The number of carbonyl (C=O) groups excluding carboxylic acids is 1. The number of hydrogen-bond acceptors (Lipinski definition) is 2. The summed E-state index contributed by atoms with van der Waals surface area (Å²) in [5.74, 6) is 0. The lowest BCUT2D eigenvalue weighted by Gasteiger charge is -2.13. The molecule has 5 heteroatoms. The highest BCUT2D eigenvalue weighted by atomic mass is 79.9. The molecule has 0 bridgehead atoms. The van der Waals surface area contributed by atoms with E-state index in [4.69, 9.17) is 5.11 Å². The van der Waals surface area contributed by atoms with Crippen LogP contribution in [-0.2, 0) is 0 Å². The zero-order chi connectivity index (χ0) is 12.1. The van der Waals surface area contributed by atoms with Crippen molar-refractivity contribution in [2.75, 3.05) is 11.9 Å². The Morgan fingerprint density at radius 3 is 2.81 bits per heavy atom. The van der Waals surface area contributed by atoms with Gasteiger partial charge in [0.2, 0.25) is 0 Å². The fraction of sp³-hybridized carbons (Fsp3) is 0.364. The van der Waals surface area contributed by atoms with Gasteiger partial charge in [-0.1, -0.05) is 6.07 Å². The van der Waals surface area contributed by atoms with Gasteiger partial charge in [-0.3, -0.25) is 0 Å². The summed E-state index contributed by atoms with van der Waals surface area (Å²) in [5, 5.41) is 14.1. The number of aliphatic hydroxyl groups is 1. The van der Waals surface area contributed by atoms with Crippen molar-refractivity contribution in [2.45, 2.75) is 19.9 Å². The van der Waals surface area contributed by atoms with Crippen molar-refractivity contribution in [3.05, 3.63) is 28.2 Å². The molecule has 0 heterocycles. The number of carbonyl (C=O) groups is 1. The van der Waals surface area contributed by atoms with Gasteiger partial charge in [0.25, 0.3) is 0 Å². The van der Waals surface area contributed by atoms with Crippen molar-refractivity contribution in [1.82, 2.24) is 5.32 Å². The van der Waals surface area contributed by atoms with E-state index < -0.39 is 0 Å². The maximum atomic E-state index is 11.5. The van der Waals surface area contributed by atoms with Crippen LogP contribution in [0.2, 0.25) is 0 Å². The van der Waals surface area contributed by atoms with Crippen molar-refractivity contribution in [3.63, 3.8) is 0 Å². The molecule has 1 atom stereocenters. The van der Waals surface area contributed by atoms with Gasteiger partial charge in [-0.05, 0) is 47.5 Å². The molecule has 3 N–H and O–H groups in total. The second-order valence-electron chi connectivity index (χ2n) is 3.67. The van der Waals surface area contributed by atoms with E-state index in [-0.39, 0.29) is 18.7 Å². The zero-order valence-corrected chi connectivity index (χ0v) is 10.8. The molecule has 0 aliphatic heterocycles. The summed E-state index contributed by atoms with van der Waals surface area (Å²) < 4.78 is 0.833. The van der Waals surface area contributed by atoms with E-state index in [0.717, 1.165) is 10.0 Å². The highest BCUT2D eigenvalue weighted by Crippen LogP contribution is 2.23. The first kappa shape index (κ1) is 13.0. The molecule has 0 radical (unpaired) electrons. The van der Waals surface area contributed by atoms with E-state index in [9.17, 15) is 4.79 Å². The standard InChI is InChI=1S/C11H15BrN2O2/c1-7-3-4-10(9(12)5-7)14-11(16)13-8(2)6-15/h3-5,8,15H,6H2,1-2H3,(H2,13,14,16)/t8-/m0/s1. The Kier molecular flexibility index (Phi) is 4.76. The summed E-state index contributed by atoms with van der Waals surface area (Å²) in [4.78, 5) is 11.5. The molecule has 0 aliphatic carbocycles. The Balaban J connectivity index is 2.63. The average Bonchev–Trinajstić information content (AvgIpc) is 2.22. The Bertz CT molecular complexity index is 382. The Hall–Kier alpha value is -1.07. The van der Waals surface area contributed by atoms with Gasteiger partial charge < -0.3 is 15.7 Å². The Morgan fingerprint density at radius 1 is 1.56 bits per heavy atom. The summed E-state index contributed by atoms with van der Waals surface area (Å²) in [6.07, 6.45) is 0. The molecule has 88 valence electrons. The number of benzene rings is 1. The molecule has 0 fully saturated rings. The van der Waals surface area contributed by atoms with Crippen molar-refractivity contribution in [1.29, 1.82) is 0 Å². The van der Waals surface area contributed by atoms with Gasteiger partial charge in [-0.15, -0.1) is 0 Å². The number of halogens is 1. The number of aryl methyl sites for hydroxylation is 1. The van der Waals surface area contributed by atoms with Crippen LogP contribution in [-0.4, -0.2) is 23.8 Å². The molecule has 1 aromatic carbocycles. The number of hydrogen-bond donors (Lipinski definition) is 3. The highest BCUT2D eigenvalue weighted by Gasteiger charge is 2.07. The molecule has 1 rings (SSSR count). The lowest BCUT2D eigenvalue weighted by molar-refractivity contribution is 0.229. The SMILES string of the molecule is Cc1ccc(NC(=O)N[C@@H](C)CO)c(Br)c1. The van der Waals surface area contributed by atoms with Crippen LogP contribution in [0.5, 0.6) is 0 Å². The molecule has 0 aliphatic rings. The number of rotatable bonds is 3. The lowest BCUT2D eigenvalue weighted by Crippen LogP contribution is -2.38. The summed E-state index contributed by atoms with van der Waals surface area (Å²) in [6, 6.07) is 5.07. The van der Waals surface area contributed by atoms with Gasteiger partial charge in [0.15, 0.2) is 0 Å². The number of nitrogens with one attached hydrogen (secondary N) is 2. The third kappa shape index (κ3) is 3.83. The van der Waals surface area contributed by atoms with Crippen LogP contribution in [0.4, 0.5) is 10.5 Å². The smallest absolute Gasteiger partial charge is 0.319 e. The van der Waals surface area contributed by atoms with Crippen LogP contribution in [0.25, 0.3) is 0 Å². The van der Waals surface area contributed by atoms with E-state index in [1.165, 1.54) is 0 Å². The van der Waals surface area contributed by atoms with Gasteiger partial charge in [0.05, 0.1) is 18.3 Å². The molecule has 0 aromatic heterocycles. The van der Waals surface area contributed by atoms with Crippen LogP contribution in [0, 0.1) is 6.92 Å². The average molecular weight is 287 g/mol. The molecule has 2 amide bonds. The van der Waals surface area contributed by atoms with E-state index >= 15 is 0 Å². The molecule has 1 aromatic rings. The first-order valence-electron chi connectivity index (χ1n) is 4.97. The van der Waals surface area contributed by atoms with Gasteiger partial charge in [-0.2, -0.15) is 0 Å². The third-order valence-electron chi connectivity index (χ3n) is 2.02. The topological polar surface area (TPSA) is 61.4 Å². The minimum absolute atomic E-state index is 0.0809. The highest BCUT2D eigenvalue weighted by molar-refractivity contribution is 9.10. The van der Waals surface area contributed by atoms with Crippen molar-refractivity contribution < 1.29 is 9.90 Å². The quantitative estimate of drug-likeness (QED) is 0.798. The molecular formula is C11H15BrN2O2. The molecule has 0 spiro atoms. The van der Waals surface area contributed by atoms with Crippen LogP contribution < -0.4 is 10.6 Å². The molecule has 4 nitrogen and oxygen atoms in total. The molecule has 0 saturated carbocycles. The van der Waals surface area contributed by atoms with E-state index in [2.05, 4.69) is 26.6 Å². The molecular weight excluding hydrogens is 272 g/mol. The first-order valence-corrected chi connectivity index (χ1v) is 5.76. The molecule has 0 saturated heterocycles. The van der Waals surface area contributed by atoms with Crippen LogP contribution >= 0.6 is 15.9 Å². The number of amides is 2. The number of aliphatic hydroxyl groups excluding tert-OH is 1.